The van der Waals surface area contributed by atoms with E-state index in [0.29, 0.717) is 0 Å². The van der Waals surface area contributed by atoms with Crippen LogP contribution in [-0.2, 0) is 0 Å². The molecule has 0 amide bonds. The zero-order chi connectivity index (χ0) is 16.4. The Labute approximate surface area is 169 Å². The molecule has 1 nitrogen and oxygen atoms in total. The van der Waals surface area contributed by atoms with Crippen LogP contribution in [0.4, 0.5) is 17.1 Å². The molecule has 5 heteroatoms. The molecule has 0 unspecified atom stereocenters. The van der Waals surface area contributed by atoms with Gasteiger partial charge < -0.3 is 4.90 Å². The first-order valence-corrected chi connectivity index (χ1v) is 9.98. The Balaban J connectivity index is 2.16. The summed E-state index contributed by atoms with van der Waals surface area (Å²) in [4.78, 5) is 2.22. The predicted molar refractivity (Wildman–Crippen MR) is 112 cm³/mol. The van der Waals surface area contributed by atoms with Gasteiger partial charge in [-0.05, 0) is 82.7 Å². The van der Waals surface area contributed by atoms with Crippen LogP contribution in [0.3, 0.4) is 0 Å². The van der Waals surface area contributed by atoms with Gasteiger partial charge in [0.25, 0.3) is 0 Å². The number of anilines is 3. The number of hydrogen-bond donors (Lipinski definition) is 0. The highest BCUT2D eigenvalue weighted by Gasteiger charge is 2.15. The zero-order valence-electron chi connectivity index (χ0n) is 11.8. The lowest BCUT2D eigenvalue weighted by Gasteiger charge is -2.26. The standard InChI is InChI=1S/C18H11Br4N/c19-12-1-6-15(7-2-12)23(16-8-3-13(20)4-9-16)18-10-5-14(21)11-17(18)22/h1-11H. The maximum absolute atomic E-state index is 3.68. The van der Waals surface area contributed by atoms with Gasteiger partial charge in [0.05, 0.1) is 5.69 Å². The minimum atomic E-state index is 1.03. The molecule has 3 aromatic carbocycles. The molecule has 0 fully saturated rings. The Morgan fingerprint density at radius 2 is 0.957 bits per heavy atom. The van der Waals surface area contributed by atoms with Gasteiger partial charge in [-0.2, -0.15) is 0 Å². The molecule has 0 saturated heterocycles. The van der Waals surface area contributed by atoms with Gasteiger partial charge in [0.15, 0.2) is 0 Å². The van der Waals surface area contributed by atoms with Gasteiger partial charge >= 0.3 is 0 Å². The minimum Gasteiger partial charge on any atom is -0.309 e. The molecule has 0 aliphatic heterocycles. The van der Waals surface area contributed by atoms with Crippen molar-refractivity contribution in [3.63, 3.8) is 0 Å². The first-order valence-electron chi connectivity index (χ1n) is 6.81. The predicted octanol–water partition coefficient (Wildman–Crippen LogP) is 8.21. The van der Waals surface area contributed by atoms with Gasteiger partial charge in [0.2, 0.25) is 0 Å². The van der Waals surface area contributed by atoms with Gasteiger partial charge in [-0.1, -0.05) is 47.8 Å². The minimum absolute atomic E-state index is 1.03. The van der Waals surface area contributed by atoms with Crippen molar-refractivity contribution in [1.82, 2.24) is 0 Å². The normalized spacial score (nSPS) is 10.6. The lowest BCUT2D eigenvalue weighted by molar-refractivity contribution is 1.27. The van der Waals surface area contributed by atoms with E-state index in [-0.39, 0.29) is 0 Å². The van der Waals surface area contributed by atoms with E-state index in [1.165, 1.54) is 0 Å². The summed E-state index contributed by atoms with van der Waals surface area (Å²) in [5.74, 6) is 0. The van der Waals surface area contributed by atoms with Crippen molar-refractivity contribution in [3.05, 3.63) is 84.6 Å². The summed E-state index contributed by atoms with van der Waals surface area (Å²) in [5.41, 5.74) is 3.27. The molecular weight excluding hydrogens is 550 g/mol. The zero-order valence-corrected chi connectivity index (χ0v) is 18.2. The monoisotopic (exact) mass is 557 g/mol. The van der Waals surface area contributed by atoms with Crippen molar-refractivity contribution in [3.8, 4) is 0 Å². The number of rotatable bonds is 3. The summed E-state index contributed by atoms with van der Waals surface area (Å²) in [6.07, 6.45) is 0. The van der Waals surface area contributed by atoms with Crippen molar-refractivity contribution in [1.29, 1.82) is 0 Å². The highest BCUT2D eigenvalue weighted by Crippen LogP contribution is 2.40. The van der Waals surface area contributed by atoms with Crippen molar-refractivity contribution in [2.45, 2.75) is 0 Å². The van der Waals surface area contributed by atoms with Crippen LogP contribution in [0.1, 0.15) is 0 Å². The molecule has 116 valence electrons. The summed E-state index contributed by atoms with van der Waals surface area (Å²) in [6, 6.07) is 22.8. The Morgan fingerprint density at radius 1 is 0.522 bits per heavy atom. The molecule has 0 spiro atoms. The molecule has 0 heterocycles. The van der Waals surface area contributed by atoms with E-state index < -0.39 is 0 Å². The van der Waals surface area contributed by atoms with Crippen molar-refractivity contribution < 1.29 is 0 Å². The van der Waals surface area contributed by atoms with E-state index in [4.69, 9.17) is 0 Å². The second kappa shape index (κ2) is 7.51. The number of hydrogen-bond acceptors (Lipinski definition) is 1. The second-order valence-electron chi connectivity index (χ2n) is 4.88. The molecule has 0 aliphatic carbocycles. The van der Waals surface area contributed by atoms with Gasteiger partial charge in [0.1, 0.15) is 0 Å². The van der Waals surface area contributed by atoms with Crippen molar-refractivity contribution in [2.75, 3.05) is 4.90 Å². The maximum atomic E-state index is 3.68. The lowest BCUT2D eigenvalue weighted by atomic mass is 10.2. The van der Waals surface area contributed by atoms with Crippen LogP contribution < -0.4 is 4.90 Å². The summed E-state index contributed by atoms with van der Waals surface area (Å²) in [5, 5.41) is 0. The SMILES string of the molecule is Brc1ccc(N(c2ccc(Br)cc2)c2ccc(Br)cc2Br)cc1. The molecule has 0 atom stereocenters. The average Bonchev–Trinajstić information content (AvgIpc) is 2.53. The first kappa shape index (κ1) is 17.2. The van der Waals surface area contributed by atoms with Crippen LogP contribution in [-0.4, -0.2) is 0 Å². The van der Waals surface area contributed by atoms with E-state index in [1.807, 2.05) is 30.3 Å². The molecule has 0 aliphatic rings. The molecule has 0 aromatic heterocycles. The fourth-order valence-electron chi connectivity index (χ4n) is 2.27. The molecule has 0 bridgehead atoms. The molecule has 0 saturated carbocycles. The largest absolute Gasteiger partial charge is 0.309 e. The molecule has 23 heavy (non-hydrogen) atoms. The van der Waals surface area contributed by atoms with Crippen LogP contribution in [0.2, 0.25) is 0 Å². The Hall–Kier alpha value is -0.620. The number of nitrogens with zero attached hydrogens (tertiary/aromatic N) is 1. The summed E-state index contributed by atoms with van der Waals surface area (Å²) < 4.78 is 4.19. The molecule has 3 aromatic rings. The smallest absolute Gasteiger partial charge is 0.0604 e. The van der Waals surface area contributed by atoms with Gasteiger partial charge in [0, 0.05) is 29.3 Å². The fourth-order valence-corrected chi connectivity index (χ4v) is 4.02. The summed E-state index contributed by atoms with van der Waals surface area (Å²) in [6.45, 7) is 0. The number of halogens is 4. The van der Waals surface area contributed by atoms with Gasteiger partial charge in [-0.15, -0.1) is 0 Å². The Morgan fingerprint density at radius 3 is 1.39 bits per heavy atom. The third-order valence-corrected chi connectivity index (χ3v) is 5.51. The Bertz CT molecular complexity index is 768. The first-order chi connectivity index (χ1) is 11.0. The van der Waals surface area contributed by atoms with Gasteiger partial charge in [-0.3, -0.25) is 0 Å². The molecule has 0 radical (unpaired) electrons. The Kier molecular flexibility index (Phi) is 5.62. The van der Waals surface area contributed by atoms with Crippen LogP contribution in [0, 0.1) is 0 Å². The molecule has 3 rings (SSSR count). The quantitative estimate of drug-likeness (QED) is 0.312. The van der Waals surface area contributed by atoms with Crippen molar-refractivity contribution >= 4 is 80.8 Å². The third-order valence-electron chi connectivity index (χ3n) is 3.32. The van der Waals surface area contributed by atoms with E-state index in [1.54, 1.807) is 0 Å². The molecular formula is C18H11Br4N. The highest BCUT2D eigenvalue weighted by molar-refractivity contribution is 9.11. The van der Waals surface area contributed by atoms with E-state index >= 15 is 0 Å². The third kappa shape index (κ3) is 4.08. The van der Waals surface area contributed by atoms with Crippen LogP contribution >= 0.6 is 63.7 Å². The topological polar surface area (TPSA) is 3.24 Å². The summed E-state index contributed by atoms with van der Waals surface area (Å²) >= 11 is 14.2. The van der Waals surface area contributed by atoms with E-state index in [2.05, 4.69) is 105 Å². The van der Waals surface area contributed by atoms with Crippen LogP contribution in [0.15, 0.2) is 84.6 Å². The lowest BCUT2D eigenvalue weighted by Crippen LogP contribution is -2.10. The highest BCUT2D eigenvalue weighted by atomic mass is 79.9. The van der Waals surface area contributed by atoms with Crippen molar-refractivity contribution in [2.24, 2.45) is 0 Å². The molecule has 0 N–H and O–H groups in total. The number of benzene rings is 3. The van der Waals surface area contributed by atoms with Crippen LogP contribution in [0.5, 0.6) is 0 Å². The van der Waals surface area contributed by atoms with Crippen LogP contribution in [0.25, 0.3) is 0 Å². The fraction of sp³-hybridized carbons (Fsp3) is 0. The van der Waals surface area contributed by atoms with E-state index in [0.717, 1.165) is 35.0 Å². The maximum Gasteiger partial charge on any atom is 0.0604 e. The second-order valence-corrected chi connectivity index (χ2v) is 8.49. The summed E-state index contributed by atoms with van der Waals surface area (Å²) in [7, 11) is 0. The van der Waals surface area contributed by atoms with Gasteiger partial charge in [-0.25, -0.2) is 0 Å². The van der Waals surface area contributed by atoms with E-state index in [9.17, 15) is 0 Å². The average molecular weight is 561 g/mol.